The van der Waals surface area contributed by atoms with Gasteiger partial charge in [-0.05, 0) is 73.5 Å². The molecule has 0 spiro atoms. The second-order valence-electron chi connectivity index (χ2n) is 9.63. The van der Waals surface area contributed by atoms with Crippen molar-refractivity contribution in [2.75, 3.05) is 10.5 Å². The average molecular weight is 571 g/mol. The summed E-state index contributed by atoms with van der Waals surface area (Å²) in [5, 5.41) is 0.821. The maximum absolute atomic E-state index is 14.0. The third-order valence-corrected chi connectivity index (χ3v) is 8.52. The van der Waals surface area contributed by atoms with E-state index in [2.05, 4.69) is 16.6 Å². The molecule has 0 bridgehead atoms. The molecule has 3 aromatic carbocycles. The number of aromatic amines is 1. The number of aromatic nitrogens is 3. The van der Waals surface area contributed by atoms with E-state index in [0.717, 1.165) is 49.7 Å². The first-order valence-corrected chi connectivity index (χ1v) is 14.7. The fourth-order valence-corrected chi connectivity index (χ4v) is 6.39. The smallest absolute Gasteiger partial charge is 0.268 e. The molecule has 40 heavy (non-hydrogen) atoms. The van der Waals surface area contributed by atoms with Crippen molar-refractivity contribution in [3.63, 3.8) is 0 Å². The Hall–Kier alpha value is -4.08. The van der Waals surface area contributed by atoms with Crippen LogP contribution in [0, 0.1) is 19.7 Å². The quantitative estimate of drug-likeness (QED) is 0.189. The highest BCUT2D eigenvalue weighted by Gasteiger charge is 2.20. The number of pyridine rings is 1. The third kappa shape index (κ3) is 4.76. The highest BCUT2D eigenvalue weighted by Crippen LogP contribution is 2.43. The molecule has 0 atom stereocenters. The number of aryl methyl sites for hydroxylation is 3. The number of halogens is 1. The Labute approximate surface area is 239 Å². The standard InChI is InChI=1S/C31H27FN4O2S2/c1-5-39-35-20-10-11-26(38-28-17(2)12-19(32)13-18(28)3)21(14-20)23-16-36(4)31(37)29-22(23)15-27(40-29)30-33-24-8-6-7-9-25(24)34-30/h6-16,35H,5H2,1-4H3,(H,33,34). The van der Waals surface area contributed by atoms with Crippen molar-refractivity contribution < 1.29 is 9.13 Å². The van der Waals surface area contributed by atoms with Crippen molar-refractivity contribution in [2.45, 2.75) is 20.8 Å². The molecule has 0 fully saturated rings. The highest BCUT2D eigenvalue weighted by atomic mass is 32.2. The van der Waals surface area contributed by atoms with Gasteiger partial charge in [0.25, 0.3) is 5.56 Å². The summed E-state index contributed by atoms with van der Waals surface area (Å²) in [5.41, 5.74) is 5.74. The molecule has 0 aliphatic heterocycles. The van der Waals surface area contributed by atoms with Crippen LogP contribution >= 0.6 is 23.3 Å². The number of fused-ring (bicyclic) bond motifs is 2. The van der Waals surface area contributed by atoms with Gasteiger partial charge in [0.05, 0.1) is 15.9 Å². The summed E-state index contributed by atoms with van der Waals surface area (Å²) in [5.74, 6) is 2.55. The summed E-state index contributed by atoms with van der Waals surface area (Å²) in [7, 11) is 1.76. The number of nitrogens with one attached hydrogen (secondary N) is 2. The van der Waals surface area contributed by atoms with Crippen LogP contribution in [-0.4, -0.2) is 20.3 Å². The zero-order valence-electron chi connectivity index (χ0n) is 22.5. The molecule has 6 rings (SSSR count). The normalized spacial score (nSPS) is 11.4. The van der Waals surface area contributed by atoms with Crippen molar-refractivity contribution in [3.05, 3.63) is 94.2 Å². The predicted molar refractivity (Wildman–Crippen MR) is 165 cm³/mol. The molecule has 202 valence electrons. The lowest BCUT2D eigenvalue weighted by atomic mass is 10.0. The summed E-state index contributed by atoms with van der Waals surface area (Å²) in [6, 6.07) is 18.7. The average Bonchev–Trinajstić information content (AvgIpc) is 3.57. The number of anilines is 1. The van der Waals surface area contributed by atoms with Crippen LogP contribution in [0.5, 0.6) is 11.5 Å². The van der Waals surface area contributed by atoms with Crippen LogP contribution in [0.15, 0.2) is 71.7 Å². The van der Waals surface area contributed by atoms with Crippen LogP contribution in [0.1, 0.15) is 18.1 Å². The fourth-order valence-electron chi connectivity index (χ4n) is 4.85. The van der Waals surface area contributed by atoms with Gasteiger partial charge in [-0.2, -0.15) is 0 Å². The Morgan fingerprint density at radius 3 is 2.60 bits per heavy atom. The molecule has 0 unspecified atom stereocenters. The zero-order chi connectivity index (χ0) is 28.0. The number of nitrogens with zero attached hydrogens (tertiary/aromatic N) is 2. The minimum atomic E-state index is -0.296. The van der Waals surface area contributed by atoms with Gasteiger partial charge in [0, 0.05) is 41.2 Å². The number of hydrogen-bond acceptors (Lipinski definition) is 6. The Morgan fingerprint density at radius 1 is 1.07 bits per heavy atom. The van der Waals surface area contributed by atoms with Crippen LogP contribution in [0.4, 0.5) is 10.1 Å². The zero-order valence-corrected chi connectivity index (χ0v) is 24.1. The van der Waals surface area contributed by atoms with E-state index in [-0.39, 0.29) is 11.4 Å². The van der Waals surface area contributed by atoms with Gasteiger partial charge >= 0.3 is 0 Å². The van der Waals surface area contributed by atoms with Gasteiger partial charge in [-0.1, -0.05) is 31.0 Å². The van der Waals surface area contributed by atoms with Crippen molar-refractivity contribution in [1.82, 2.24) is 14.5 Å². The number of imidazole rings is 1. The Kier molecular flexibility index (Phi) is 6.85. The number of para-hydroxylation sites is 2. The maximum Gasteiger partial charge on any atom is 0.268 e. The number of ether oxygens (including phenoxy) is 1. The van der Waals surface area contributed by atoms with Crippen LogP contribution in [0.3, 0.4) is 0 Å². The van der Waals surface area contributed by atoms with Gasteiger partial charge < -0.3 is 19.0 Å². The van der Waals surface area contributed by atoms with Gasteiger partial charge in [0.2, 0.25) is 0 Å². The minimum Gasteiger partial charge on any atom is -0.456 e. The van der Waals surface area contributed by atoms with E-state index in [9.17, 15) is 9.18 Å². The SMILES string of the molecule is CCSNc1ccc(Oc2c(C)cc(F)cc2C)c(-c2cn(C)c(=O)c3sc(-c4nc5ccccc5[nH]4)cc23)c1. The molecule has 0 radical (unpaired) electrons. The molecule has 6 aromatic rings. The van der Waals surface area contributed by atoms with E-state index in [0.29, 0.717) is 27.3 Å². The van der Waals surface area contributed by atoms with E-state index in [4.69, 9.17) is 9.72 Å². The summed E-state index contributed by atoms with van der Waals surface area (Å²) in [6.07, 6.45) is 1.85. The van der Waals surface area contributed by atoms with E-state index in [1.807, 2.05) is 68.6 Å². The van der Waals surface area contributed by atoms with Crippen molar-refractivity contribution in [2.24, 2.45) is 7.05 Å². The largest absolute Gasteiger partial charge is 0.456 e. The van der Waals surface area contributed by atoms with Gasteiger partial charge in [0.1, 0.15) is 27.8 Å². The minimum absolute atomic E-state index is 0.0744. The van der Waals surface area contributed by atoms with E-state index in [1.165, 1.54) is 23.5 Å². The Bertz CT molecular complexity index is 1900. The summed E-state index contributed by atoms with van der Waals surface area (Å²) < 4.78 is 26.1. The first-order chi connectivity index (χ1) is 19.3. The van der Waals surface area contributed by atoms with Crippen molar-refractivity contribution >= 4 is 50.1 Å². The molecule has 0 saturated heterocycles. The molecule has 6 nitrogen and oxygen atoms in total. The van der Waals surface area contributed by atoms with Crippen molar-refractivity contribution in [1.29, 1.82) is 0 Å². The molecule has 0 aliphatic rings. The lowest BCUT2D eigenvalue weighted by molar-refractivity contribution is 0.474. The van der Waals surface area contributed by atoms with Crippen LogP contribution in [0.25, 0.3) is 42.9 Å². The predicted octanol–water partition coefficient (Wildman–Crippen LogP) is 8.44. The van der Waals surface area contributed by atoms with E-state index < -0.39 is 0 Å². The van der Waals surface area contributed by atoms with Crippen LogP contribution in [0.2, 0.25) is 0 Å². The first kappa shape index (κ1) is 26.2. The molecule has 2 N–H and O–H groups in total. The summed E-state index contributed by atoms with van der Waals surface area (Å²) in [4.78, 5) is 22.3. The Morgan fingerprint density at radius 2 is 1.85 bits per heavy atom. The van der Waals surface area contributed by atoms with Gasteiger partial charge in [0.15, 0.2) is 0 Å². The fraction of sp³-hybridized carbons (Fsp3) is 0.161. The number of hydrogen-bond donors (Lipinski definition) is 2. The lowest BCUT2D eigenvalue weighted by Gasteiger charge is -2.17. The second kappa shape index (κ2) is 10.5. The number of benzene rings is 3. The summed E-state index contributed by atoms with van der Waals surface area (Å²) >= 11 is 3.02. The number of H-pyrrole nitrogens is 1. The van der Waals surface area contributed by atoms with E-state index in [1.54, 1.807) is 23.6 Å². The van der Waals surface area contributed by atoms with Gasteiger partial charge in [-0.3, -0.25) is 4.79 Å². The molecule has 3 aromatic heterocycles. The molecule has 0 saturated carbocycles. The molecule has 0 aliphatic carbocycles. The Balaban J connectivity index is 1.55. The van der Waals surface area contributed by atoms with E-state index >= 15 is 0 Å². The monoisotopic (exact) mass is 570 g/mol. The lowest BCUT2D eigenvalue weighted by Crippen LogP contribution is -2.15. The molecular formula is C31H27FN4O2S2. The van der Waals surface area contributed by atoms with Crippen molar-refractivity contribution in [3.8, 4) is 33.3 Å². The second-order valence-corrected chi connectivity index (χ2v) is 11.8. The molecule has 9 heteroatoms. The number of thiophene rings is 1. The number of rotatable bonds is 7. The molecular weight excluding hydrogens is 543 g/mol. The van der Waals surface area contributed by atoms with Gasteiger partial charge in [-0.25, -0.2) is 9.37 Å². The van der Waals surface area contributed by atoms with Crippen LogP contribution in [-0.2, 0) is 7.05 Å². The van der Waals surface area contributed by atoms with Crippen LogP contribution < -0.4 is 15.0 Å². The first-order valence-electron chi connectivity index (χ1n) is 12.9. The third-order valence-electron chi connectivity index (χ3n) is 6.72. The summed E-state index contributed by atoms with van der Waals surface area (Å²) in [6.45, 7) is 5.75. The molecule has 0 amide bonds. The maximum atomic E-state index is 14.0. The molecule has 3 heterocycles. The topological polar surface area (TPSA) is 71.9 Å². The highest BCUT2D eigenvalue weighted by molar-refractivity contribution is 8.00. The van der Waals surface area contributed by atoms with Gasteiger partial charge in [-0.15, -0.1) is 11.3 Å².